The average Bonchev–Trinajstić information content (AvgIpc) is 2.62. The quantitative estimate of drug-likeness (QED) is 0.230. The molecule has 0 saturated heterocycles. The summed E-state index contributed by atoms with van der Waals surface area (Å²) in [5, 5.41) is 9.61. The summed E-state index contributed by atoms with van der Waals surface area (Å²) in [4.78, 5) is 0. The predicted octanol–water partition coefficient (Wildman–Crippen LogP) is 5.20. The molecule has 0 aromatic carbocycles. The maximum atomic E-state index is 13.8. The average molecular weight is 612 g/mol. The van der Waals surface area contributed by atoms with Crippen LogP contribution in [0.25, 0.3) is 0 Å². The van der Waals surface area contributed by atoms with E-state index in [1.54, 1.807) is 0 Å². The lowest BCUT2D eigenvalue weighted by atomic mass is 9.88. The van der Waals surface area contributed by atoms with Gasteiger partial charge in [-0.2, -0.15) is 74.6 Å². The van der Waals surface area contributed by atoms with Crippen LogP contribution in [0.15, 0.2) is 0 Å². The summed E-state index contributed by atoms with van der Waals surface area (Å²) < 4.78 is 236. The summed E-state index contributed by atoms with van der Waals surface area (Å²) in [6.07, 6.45) is -12.2. The molecule has 3 nitrogen and oxygen atoms in total. The Balaban J connectivity index is 6.15. The third kappa shape index (κ3) is 6.38. The summed E-state index contributed by atoms with van der Waals surface area (Å²) >= 11 is 0. The van der Waals surface area contributed by atoms with E-state index >= 15 is 0 Å². The van der Waals surface area contributed by atoms with Crippen LogP contribution in [0.4, 0.5) is 74.6 Å². The van der Waals surface area contributed by atoms with Crippen molar-refractivity contribution in [3.63, 3.8) is 0 Å². The Bertz CT molecular complexity index is 819. The van der Waals surface area contributed by atoms with Gasteiger partial charge in [0, 0.05) is 23.0 Å². The minimum atomic E-state index is -8.68. The summed E-state index contributed by atoms with van der Waals surface area (Å²) in [6, 6.07) is 0. The third-order valence-electron chi connectivity index (χ3n) is 4.57. The van der Waals surface area contributed by atoms with Crippen LogP contribution in [0.3, 0.4) is 0 Å². The monoisotopic (exact) mass is 612 g/mol. The SMILES string of the molecule is C[N+](C)(C)CC(O)CS(=O)CCC(F)(F)C(F)(F)C(F)(F)C(F)(F)C(F)(F)C(F)(F)C(F)(F)C(F)(F)F. The van der Waals surface area contributed by atoms with Crippen LogP contribution >= 0.6 is 0 Å². The Morgan fingerprint density at radius 2 is 0.946 bits per heavy atom. The van der Waals surface area contributed by atoms with Crippen molar-refractivity contribution in [2.75, 3.05) is 39.2 Å². The molecule has 0 aromatic heterocycles. The lowest BCUT2D eigenvalue weighted by molar-refractivity contribution is -0.873. The highest BCUT2D eigenvalue weighted by molar-refractivity contribution is 7.85. The molecule has 0 aromatic rings. The zero-order valence-corrected chi connectivity index (χ0v) is 19.4. The molecule has 0 spiro atoms. The largest absolute Gasteiger partial charge is 0.460 e. The maximum Gasteiger partial charge on any atom is 0.460 e. The van der Waals surface area contributed by atoms with Crippen LogP contribution in [0.5, 0.6) is 0 Å². The van der Waals surface area contributed by atoms with Gasteiger partial charge < -0.3 is 9.59 Å². The summed E-state index contributed by atoms with van der Waals surface area (Å²) in [7, 11) is 1.63. The van der Waals surface area contributed by atoms with E-state index in [-0.39, 0.29) is 11.0 Å². The number of quaternary nitrogens is 1. The first-order valence-corrected chi connectivity index (χ1v) is 10.8. The van der Waals surface area contributed by atoms with Gasteiger partial charge >= 0.3 is 47.6 Å². The molecule has 1 N–H and O–H groups in total. The van der Waals surface area contributed by atoms with Crippen molar-refractivity contribution in [1.82, 2.24) is 0 Å². The predicted molar refractivity (Wildman–Crippen MR) is 92.1 cm³/mol. The minimum absolute atomic E-state index is 0.0276. The van der Waals surface area contributed by atoms with Crippen molar-refractivity contribution in [3.05, 3.63) is 0 Å². The Kier molecular flexibility index (Phi) is 9.82. The number of rotatable bonds is 13. The van der Waals surface area contributed by atoms with Crippen LogP contribution in [-0.4, -0.2) is 107 Å². The van der Waals surface area contributed by atoms with Crippen LogP contribution in [-0.2, 0) is 10.8 Å². The molecule has 0 heterocycles. The second-order valence-electron chi connectivity index (χ2n) is 8.84. The smallest absolute Gasteiger partial charge is 0.386 e. The van der Waals surface area contributed by atoms with Gasteiger partial charge in [-0.15, -0.1) is 0 Å². The summed E-state index contributed by atoms with van der Waals surface area (Å²) in [5.41, 5.74) is 0. The first-order chi connectivity index (χ1) is 15.7. The number of hydrogen-bond donors (Lipinski definition) is 1. The van der Waals surface area contributed by atoms with E-state index in [0.29, 0.717) is 0 Å². The molecule has 224 valence electrons. The van der Waals surface area contributed by atoms with Gasteiger partial charge in [0.1, 0.15) is 12.6 Å². The molecule has 0 aliphatic rings. The van der Waals surface area contributed by atoms with Crippen LogP contribution in [0.1, 0.15) is 6.42 Å². The minimum Gasteiger partial charge on any atom is -0.386 e. The van der Waals surface area contributed by atoms with Gasteiger partial charge in [0.15, 0.2) is 0 Å². The Morgan fingerprint density at radius 3 is 1.27 bits per heavy atom. The molecule has 0 saturated carbocycles. The molecule has 0 fully saturated rings. The highest BCUT2D eigenvalue weighted by Gasteiger charge is 2.95. The number of halogens is 17. The molecule has 2 atom stereocenters. The zero-order chi connectivity index (χ0) is 30.5. The topological polar surface area (TPSA) is 37.3 Å². The summed E-state index contributed by atoms with van der Waals surface area (Å²) in [6.45, 7) is -0.228. The normalized spacial score (nSPS) is 17.6. The standard InChI is InChI=1S/C16H19F17NO2S/c1-34(2,3)6-8(35)7-37(36)5-4-9(17,18)10(19,20)11(21,22)12(23,24)13(25,26)14(27,28)15(29,30)16(31,32)33/h8,35H,4-7H2,1-3H3/q+1. The number of hydrogen-bond acceptors (Lipinski definition) is 2. The van der Waals surface area contributed by atoms with Crippen molar-refractivity contribution in [2.45, 2.75) is 60.2 Å². The van der Waals surface area contributed by atoms with Crippen LogP contribution in [0, 0.1) is 0 Å². The van der Waals surface area contributed by atoms with Gasteiger partial charge in [-0.25, -0.2) is 0 Å². The van der Waals surface area contributed by atoms with Crippen molar-refractivity contribution in [3.8, 4) is 0 Å². The lowest BCUT2D eigenvalue weighted by Crippen LogP contribution is -2.74. The maximum absolute atomic E-state index is 13.8. The lowest BCUT2D eigenvalue weighted by Gasteiger charge is -2.42. The number of aliphatic hydroxyl groups is 1. The van der Waals surface area contributed by atoms with E-state index in [1.165, 1.54) is 21.1 Å². The van der Waals surface area contributed by atoms with Gasteiger partial charge in [-0.3, -0.25) is 4.21 Å². The molecule has 0 radical (unpaired) electrons. The van der Waals surface area contributed by atoms with Crippen molar-refractivity contribution in [2.24, 2.45) is 0 Å². The molecule has 0 aliphatic carbocycles. The van der Waals surface area contributed by atoms with Crippen molar-refractivity contribution < 1.29 is 88.4 Å². The zero-order valence-electron chi connectivity index (χ0n) is 18.5. The van der Waals surface area contributed by atoms with Gasteiger partial charge in [0.2, 0.25) is 0 Å². The molecule has 0 amide bonds. The Labute approximate surface area is 199 Å². The van der Waals surface area contributed by atoms with E-state index in [1.807, 2.05) is 0 Å². The van der Waals surface area contributed by atoms with Gasteiger partial charge in [0.05, 0.1) is 26.9 Å². The van der Waals surface area contributed by atoms with E-state index in [9.17, 15) is 84.0 Å². The molecule has 2 unspecified atom stereocenters. The Morgan fingerprint density at radius 1 is 0.622 bits per heavy atom. The fraction of sp³-hybridized carbons (Fsp3) is 1.00. The van der Waals surface area contributed by atoms with Crippen LogP contribution < -0.4 is 0 Å². The van der Waals surface area contributed by atoms with Gasteiger partial charge in [0.25, 0.3) is 0 Å². The second-order valence-corrected chi connectivity index (χ2v) is 10.5. The first-order valence-electron chi connectivity index (χ1n) is 9.29. The first kappa shape index (κ1) is 35.9. The van der Waals surface area contributed by atoms with Gasteiger partial charge in [-0.05, 0) is 0 Å². The van der Waals surface area contributed by atoms with E-state index in [4.69, 9.17) is 0 Å². The van der Waals surface area contributed by atoms with Crippen molar-refractivity contribution in [1.29, 1.82) is 0 Å². The fourth-order valence-corrected chi connectivity index (χ4v) is 3.76. The molecular formula is C16H19F17NO2S+. The molecule has 0 bridgehead atoms. The second kappa shape index (κ2) is 10.1. The van der Waals surface area contributed by atoms with E-state index in [0.717, 1.165) is 0 Å². The molecule has 37 heavy (non-hydrogen) atoms. The number of aliphatic hydroxyl groups excluding tert-OH is 1. The van der Waals surface area contributed by atoms with E-state index in [2.05, 4.69) is 0 Å². The molecular weight excluding hydrogens is 593 g/mol. The Hall–Kier alpha value is -1.12. The molecule has 21 heteroatoms. The number of likely N-dealkylation sites (N-methyl/N-ethyl adjacent to an activating group) is 1. The van der Waals surface area contributed by atoms with Gasteiger partial charge in [-0.1, -0.05) is 0 Å². The highest BCUT2D eigenvalue weighted by Crippen LogP contribution is 2.64. The molecule has 0 aliphatic heterocycles. The number of nitrogens with zero attached hydrogens (tertiary/aromatic N) is 1. The van der Waals surface area contributed by atoms with E-state index < -0.39 is 82.5 Å². The fourth-order valence-electron chi connectivity index (χ4n) is 2.58. The highest BCUT2D eigenvalue weighted by atomic mass is 32.2. The number of alkyl halides is 17. The van der Waals surface area contributed by atoms with Crippen LogP contribution in [0.2, 0.25) is 0 Å². The summed E-state index contributed by atoms with van der Waals surface area (Å²) in [5.74, 6) is -59.6. The third-order valence-corrected chi connectivity index (χ3v) is 5.98. The van der Waals surface area contributed by atoms with Crippen molar-refractivity contribution >= 4 is 10.8 Å². The molecule has 0 rings (SSSR count).